The van der Waals surface area contributed by atoms with Gasteiger partial charge in [0, 0.05) is 10.2 Å². The molecule has 0 saturated heterocycles. The molecule has 1 rings (SSSR count). The molecule has 1 amide bonds. The molecule has 0 spiro atoms. The Morgan fingerprint density at radius 2 is 2.06 bits per heavy atom. The summed E-state index contributed by atoms with van der Waals surface area (Å²) in [7, 11) is 0. The van der Waals surface area contributed by atoms with Gasteiger partial charge in [-0.15, -0.1) is 12.4 Å². The molecule has 1 atom stereocenters. The van der Waals surface area contributed by atoms with Crippen molar-refractivity contribution < 1.29 is 4.79 Å². The van der Waals surface area contributed by atoms with Crippen molar-refractivity contribution in [2.24, 2.45) is 11.7 Å². The van der Waals surface area contributed by atoms with E-state index in [-0.39, 0.29) is 18.3 Å². The Labute approximate surface area is 123 Å². The molecule has 3 N–H and O–H groups in total. The van der Waals surface area contributed by atoms with Crippen molar-refractivity contribution in [2.45, 2.75) is 33.2 Å². The van der Waals surface area contributed by atoms with Crippen molar-refractivity contribution in [1.82, 2.24) is 0 Å². The van der Waals surface area contributed by atoms with E-state index in [4.69, 9.17) is 5.73 Å². The van der Waals surface area contributed by atoms with Gasteiger partial charge in [-0.05, 0) is 37.0 Å². The molecular weight excluding hydrogens is 316 g/mol. The second-order valence-electron chi connectivity index (χ2n) is 4.64. The smallest absolute Gasteiger partial charge is 0.241 e. The van der Waals surface area contributed by atoms with Gasteiger partial charge in [0.15, 0.2) is 0 Å². The second kappa shape index (κ2) is 7.77. The first-order valence-electron chi connectivity index (χ1n) is 5.73. The van der Waals surface area contributed by atoms with Crippen molar-refractivity contribution in [3.8, 4) is 0 Å². The van der Waals surface area contributed by atoms with Gasteiger partial charge in [-0.2, -0.15) is 0 Å². The lowest BCUT2D eigenvalue weighted by atomic mass is 10.0. The third kappa shape index (κ3) is 4.96. The summed E-state index contributed by atoms with van der Waals surface area (Å²) < 4.78 is 0.979. The normalized spacial score (nSPS) is 11.9. The zero-order valence-electron chi connectivity index (χ0n) is 10.9. The summed E-state index contributed by atoms with van der Waals surface area (Å²) in [5.41, 5.74) is 7.65. The Balaban J connectivity index is 0.00000289. The molecule has 1 aromatic rings. The van der Waals surface area contributed by atoms with Crippen LogP contribution in [0.25, 0.3) is 0 Å². The van der Waals surface area contributed by atoms with Gasteiger partial charge in [0.25, 0.3) is 0 Å². The molecule has 0 unspecified atom stereocenters. The fourth-order valence-electron chi connectivity index (χ4n) is 1.58. The molecule has 0 fully saturated rings. The van der Waals surface area contributed by atoms with Gasteiger partial charge in [-0.3, -0.25) is 4.79 Å². The molecule has 0 saturated carbocycles. The summed E-state index contributed by atoms with van der Waals surface area (Å²) in [5, 5.41) is 2.86. The van der Waals surface area contributed by atoms with E-state index in [1.54, 1.807) is 0 Å². The number of amides is 1. The Bertz CT molecular complexity index is 410. The highest BCUT2D eigenvalue weighted by molar-refractivity contribution is 9.10. The maximum Gasteiger partial charge on any atom is 0.241 e. The monoisotopic (exact) mass is 334 g/mol. The van der Waals surface area contributed by atoms with Crippen LogP contribution in [-0.2, 0) is 4.79 Å². The number of anilines is 1. The average Bonchev–Trinajstić information content (AvgIpc) is 2.23. The van der Waals surface area contributed by atoms with Crippen LogP contribution in [0.2, 0.25) is 0 Å². The topological polar surface area (TPSA) is 55.1 Å². The van der Waals surface area contributed by atoms with Gasteiger partial charge >= 0.3 is 0 Å². The molecule has 102 valence electrons. The van der Waals surface area contributed by atoms with Gasteiger partial charge in [0.2, 0.25) is 5.91 Å². The molecule has 18 heavy (non-hydrogen) atoms. The Hall–Kier alpha value is -0.580. The van der Waals surface area contributed by atoms with Gasteiger partial charge in [0.05, 0.1) is 6.04 Å². The van der Waals surface area contributed by atoms with Crippen molar-refractivity contribution >= 4 is 39.9 Å². The van der Waals surface area contributed by atoms with Crippen LogP contribution in [-0.4, -0.2) is 11.9 Å². The van der Waals surface area contributed by atoms with Crippen LogP contribution in [0.4, 0.5) is 5.69 Å². The predicted octanol–water partition coefficient (Wildman–Crippen LogP) is 3.49. The largest absolute Gasteiger partial charge is 0.324 e. The van der Waals surface area contributed by atoms with E-state index in [1.165, 1.54) is 0 Å². The molecule has 0 aromatic heterocycles. The third-order valence-corrected chi connectivity index (χ3v) is 3.45. The second-order valence-corrected chi connectivity index (χ2v) is 5.49. The average molecular weight is 336 g/mol. The Morgan fingerprint density at radius 1 is 1.44 bits per heavy atom. The number of hydrogen-bond acceptors (Lipinski definition) is 2. The van der Waals surface area contributed by atoms with Crippen molar-refractivity contribution in [3.05, 3.63) is 28.2 Å². The number of carbonyl (C=O) groups is 1. The summed E-state index contributed by atoms with van der Waals surface area (Å²) >= 11 is 3.43. The van der Waals surface area contributed by atoms with Crippen LogP contribution < -0.4 is 11.1 Å². The summed E-state index contributed by atoms with van der Waals surface area (Å²) in [4.78, 5) is 11.9. The highest BCUT2D eigenvalue weighted by atomic mass is 79.9. The number of carbonyl (C=O) groups excluding carboxylic acids is 1. The maximum absolute atomic E-state index is 11.9. The van der Waals surface area contributed by atoms with E-state index in [1.807, 2.05) is 25.1 Å². The predicted molar refractivity (Wildman–Crippen MR) is 82.2 cm³/mol. The van der Waals surface area contributed by atoms with Crippen LogP contribution in [0.5, 0.6) is 0 Å². The lowest BCUT2D eigenvalue weighted by Gasteiger charge is -2.15. The van der Waals surface area contributed by atoms with E-state index in [0.29, 0.717) is 12.3 Å². The number of benzene rings is 1. The summed E-state index contributed by atoms with van der Waals surface area (Å²) in [5.74, 6) is 0.291. The molecule has 0 aliphatic carbocycles. The highest BCUT2D eigenvalue weighted by Gasteiger charge is 2.15. The van der Waals surface area contributed by atoms with Gasteiger partial charge in [-0.25, -0.2) is 0 Å². The number of hydrogen-bond donors (Lipinski definition) is 2. The fraction of sp³-hybridized carbons (Fsp3) is 0.462. The van der Waals surface area contributed by atoms with E-state index in [9.17, 15) is 4.79 Å². The minimum Gasteiger partial charge on any atom is -0.324 e. The van der Waals surface area contributed by atoms with E-state index in [0.717, 1.165) is 15.7 Å². The Morgan fingerprint density at radius 3 is 2.61 bits per heavy atom. The number of nitrogens with one attached hydrogen (secondary N) is 1. The quantitative estimate of drug-likeness (QED) is 0.885. The first-order chi connectivity index (χ1) is 7.91. The number of nitrogens with two attached hydrogens (primary N) is 1. The number of rotatable bonds is 4. The van der Waals surface area contributed by atoms with Gasteiger partial charge in [-0.1, -0.05) is 35.8 Å². The van der Waals surface area contributed by atoms with Gasteiger partial charge < -0.3 is 11.1 Å². The fourth-order valence-corrected chi connectivity index (χ4v) is 1.95. The zero-order chi connectivity index (χ0) is 13.0. The molecule has 5 heteroatoms. The van der Waals surface area contributed by atoms with Crippen LogP contribution in [0, 0.1) is 12.8 Å². The molecule has 0 aliphatic rings. The standard InChI is InChI=1S/C13H19BrN2O.ClH/c1-8(2)7-11(15)13(17)16-12-6-4-5-10(14)9(12)3;/h4-6,8,11H,7,15H2,1-3H3,(H,16,17);1H/t11-;/m0./s1. The lowest BCUT2D eigenvalue weighted by Crippen LogP contribution is -2.36. The Kier molecular flexibility index (Phi) is 7.52. The molecule has 0 heterocycles. The maximum atomic E-state index is 11.9. The first kappa shape index (κ1) is 17.4. The van der Waals surface area contributed by atoms with Crippen molar-refractivity contribution in [2.75, 3.05) is 5.32 Å². The van der Waals surface area contributed by atoms with E-state index < -0.39 is 6.04 Å². The summed E-state index contributed by atoms with van der Waals surface area (Å²) in [6.07, 6.45) is 0.693. The number of halogens is 2. The molecule has 0 bridgehead atoms. The van der Waals surface area contributed by atoms with Crippen molar-refractivity contribution in [1.29, 1.82) is 0 Å². The minimum atomic E-state index is -0.451. The van der Waals surface area contributed by atoms with Gasteiger partial charge in [0.1, 0.15) is 0 Å². The van der Waals surface area contributed by atoms with E-state index in [2.05, 4.69) is 35.1 Å². The third-order valence-electron chi connectivity index (χ3n) is 2.59. The molecule has 0 radical (unpaired) electrons. The zero-order valence-corrected chi connectivity index (χ0v) is 13.3. The molecule has 1 aromatic carbocycles. The first-order valence-corrected chi connectivity index (χ1v) is 6.52. The van der Waals surface area contributed by atoms with Crippen molar-refractivity contribution in [3.63, 3.8) is 0 Å². The lowest BCUT2D eigenvalue weighted by molar-refractivity contribution is -0.117. The van der Waals surface area contributed by atoms with Crippen LogP contribution in [0.3, 0.4) is 0 Å². The van der Waals surface area contributed by atoms with E-state index >= 15 is 0 Å². The molecular formula is C13H20BrClN2O. The van der Waals surface area contributed by atoms with Crippen LogP contribution in [0.15, 0.2) is 22.7 Å². The molecule has 3 nitrogen and oxygen atoms in total. The summed E-state index contributed by atoms with van der Waals surface area (Å²) in [6.45, 7) is 6.06. The van der Waals surface area contributed by atoms with Crippen LogP contribution in [0.1, 0.15) is 25.8 Å². The minimum absolute atomic E-state index is 0. The highest BCUT2D eigenvalue weighted by Crippen LogP contribution is 2.23. The summed E-state index contributed by atoms with van der Waals surface area (Å²) in [6, 6.07) is 5.26. The SMILES string of the molecule is Cc1c(Br)cccc1NC(=O)[C@@H](N)CC(C)C.Cl. The van der Waals surface area contributed by atoms with Crippen LogP contribution >= 0.6 is 28.3 Å². The molecule has 0 aliphatic heterocycles.